The molecule has 2 rings (SSSR count). The maximum absolute atomic E-state index is 11.4. The van der Waals surface area contributed by atoms with E-state index in [1.54, 1.807) is 18.2 Å². The van der Waals surface area contributed by atoms with Crippen LogP contribution in [-0.4, -0.2) is 12.4 Å². The molecule has 0 atom stereocenters. The van der Waals surface area contributed by atoms with E-state index in [2.05, 4.69) is 0 Å². The fourth-order valence-electron chi connectivity index (χ4n) is 1.26. The summed E-state index contributed by atoms with van der Waals surface area (Å²) in [5.41, 5.74) is 0. The quantitative estimate of drug-likeness (QED) is 0.813. The Hall–Kier alpha value is -0.730. The lowest BCUT2D eigenvalue weighted by Crippen LogP contribution is -2.12. The van der Waals surface area contributed by atoms with Gasteiger partial charge in [-0.25, -0.2) is 0 Å². The first kappa shape index (κ1) is 10.8. The largest absolute Gasteiger partial charge is 0.484 e. The number of benzene rings is 1. The lowest BCUT2D eigenvalue weighted by molar-refractivity contribution is -0.122. The highest BCUT2D eigenvalue weighted by Crippen LogP contribution is 2.31. The molecular weight excluding hydrogens is 235 g/mol. The molecule has 0 radical (unpaired) electrons. The van der Waals surface area contributed by atoms with Crippen molar-refractivity contribution < 1.29 is 9.53 Å². The van der Waals surface area contributed by atoms with E-state index in [0.717, 1.165) is 12.8 Å². The van der Waals surface area contributed by atoms with Gasteiger partial charge in [0.05, 0.1) is 5.02 Å². The van der Waals surface area contributed by atoms with E-state index < -0.39 is 0 Å². The minimum Gasteiger partial charge on any atom is -0.484 e. The highest BCUT2D eigenvalue weighted by Gasteiger charge is 2.29. The van der Waals surface area contributed by atoms with Crippen molar-refractivity contribution in [2.75, 3.05) is 6.61 Å². The van der Waals surface area contributed by atoms with Crippen molar-refractivity contribution >= 4 is 29.0 Å². The minimum atomic E-state index is 0.0880. The molecule has 15 heavy (non-hydrogen) atoms. The summed E-state index contributed by atoms with van der Waals surface area (Å²) in [5, 5.41) is 1.02. The molecule has 0 spiro atoms. The van der Waals surface area contributed by atoms with Crippen molar-refractivity contribution in [1.29, 1.82) is 0 Å². The predicted molar refractivity (Wildman–Crippen MR) is 59.7 cm³/mol. The molecule has 1 aliphatic rings. The molecule has 0 bridgehead atoms. The van der Waals surface area contributed by atoms with Crippen molar-refractivity contribution in [2.45, 2.75) is 12.8 Å². The molecule has 1 aromatic rings. The molecular formula is C11H10Cl2O2. The molecule has 1 aliphatic carbocycles. The van der Waals surface area contributed by atoms with Crippen molar-refractivity contribution in [3.8, 4) is 5.75 Å². The maximum atomic E-state index is 11.4. The van der Waals surface area contributed by atoms with E-state index in [1.807, 2.05) is 0 Å². The maximum Gasteiger partial charge on any atom is 0.173 e. The third-order valence-corrected chi connectivity index (χ3v) is 2.84. The summed E-state index contributed by atoms with van der Waals surface area (Å²) < 4.78 is 5.31. The van der Waals surface area contributed by atoms with Gasteiger partial charge in [0.1, 0.15) is 12.4 Å². The normalized spacial score (nSPS) is 15.1. The Morgan fingerprint density at radius 1 is 1.40 bits per heavy atom. The first-order valence-corrected chi connectivity index (χ1v) is 5.53. The molecule has 0 saturated heterocycles. The second kappa shape index (κ2) is 4.42. The standard InChI is InChI=1S/C11H10Cl2O2/c12-8-3-4-9(13)11(5-8)15-6-10(14)7-1-2-7/h3-5,7H,1-2,6H2. The third-order valence-electron chi connectivity index (χ3n) is 2.30. The zero-order chi connectivity index (χ0) is 10.8. The highest BCUT2D eigenvalue weighted by molar-refractivity contribution is 6.34. The number of carbonyl (C=O) groups excluding carboxylic acids is 1. The smallest absolute Gasteiger partial charge is 0.173 e. The summed E-state index contributed by atoms with van der Waals surface area (Å²) in [4.78, 5) is 11.4. The first-order chi connectivity index (χ1) is 7.16. The number of Topliss-reactive ketones (excluding diaryl/α,β-unsaturated/α-hetero) is 1. The Balaban J connectivity index is 1.97. The van der Waals surface area contributed by atoms with Gasteiger partial charge in [-0.2, -0.15) is 0 Å². The number of hydrogen-bond donors (Lipinski definition) is 0. The van der Waals surface area contributed by atoms with E-state index in [1.165, 1.54) is 0 Å². The van der Waals surface area contributed by atoms with Crippen molar-refractivity contribution in [1.82, 2.24) is 0 Å². The molecule has 1 saturated carbocycles. The average Bonchev–Trinajstić information content (AvgIpc) is 3.02. The Bertz CT molecular complexity index is 386. The first-order valence-electron chi connectivity index (χ1n) is 4.77. The van der Waals surface area contributed by atoms with Crippen molar-refractivity contribution in [3.63, 3.8) is 0 Å². The molecule has 0 heterocycles. The van der Waals surface area contributed by atoms with Crippen LogP contribution in [0.15, 0.2) is 18.2 Å². The van der Waals surface area contributed by atoms with E-state index in [9.17, 15) is 4.79 Å². The Morgan fingerprint density at radius 3 is 2.80 bits per heavy atom. The third kappa shape index (κ3) is 2.86. The topological polar surface area (TPSA) is 26.3 Å². The van der Waals surface area contributed by atoms with Crippen LogP contribution in [0.3, 0.4) is 0 Å². The van der Waals surface area contributed by atoms with Crippen LogP contribution in [0.4, 0.5) is 0 Å². The molecule has 0 aliphatic heterocycles. The van der Waals surface area contributed by atoms with Gasteiger partial charge in [0.2, 0.25) is 0 Å². The van der Waals surface area contributed by atoms with Gasteiger partial charge in [0.15, 0.2) is 5.78 Å². The molecule has 1 fully saturated rings. The molecule has 1 aromatic carbocycles. The molecule has 4 heteroatoms. The van der Waals surface area contributed by atoms with Crippen LogP contribution in [0.1, 0.15) is 12.8 Å². The molecule has 2 nitrogen and oxygen atoms in total. The second-order valence-corrected chi connectivity index (χ2v) is 4.45. The van der Waals surface area contributed by atoms with Crippen LogP contribution in [0.25, 0.3) is 0 Å². The number of ether oxygens (including phenoxy) is 1. The van der Waals surface area contributed by atoms with Gasteiger partial charge in [-0.3, -0.25) is 4.79 Å². The van der Waals surface area contributed by atoms with Gasteiger partial charge < -0.3 is 4.74 Å². The van der Waals surface area contributed by atoms with Crippen molar-refractivity contribution in [2.24, 2.45) is 5.92 Å². The van der Waals surface area contributed by atoms with Gasteiger partial charge in [-0.15, -0.1) is 0 Å². The molecule has 0 unspecified atom stereocenters. The summed E-state index contributed by atoms with van der Waals surface area (Å²) >= 11 is 11.7. The second-order valence-electron chi connectivity index (χ2n) is 3.60. The minimum absolute atomic E-state index is 0.0880. The highest BCUT2D eigenvalue weighted by atomic mass is 35.5. The SMILES string of the molecule is O=C(COc1cc(Cl)ccc1Cl)C1CC1. The van der Waals surface area contributed by atoms with Gasteiger partial charge >= 0.3 is 0 Å². The van der Waals surface area contributed by atoms with E-state index in [0.29, 0.717) is 15.8 Å². The number of hydrogen-bond acceptors (Lipinski definition) is 2. The summed E-state index contributed by atoms with van der Waals surface area (Å²) in [5.74, 6) is 0.826. The molecule has 0 N–H and O–H groups in total. The van der Waals surface area contributed by atoms with Gasteiger partial charge in [-0.05, 0) is 25.0 Å². The summed E-state index contributed by atoms with van der Waals surface area (Å²) in [7, 11) is 0. The monoisotopic (exact) mass is 244 g/mol. The predicted octanol–water partition coefficient (Wildman–Crippen LogP) is 3.35. The van der Waals surface area contributed by atoms with Crippen LogP contribution in [0, 0.1) is 5.92 Å². The van der Waals surface area contributed by atoms with Crippen LogP contribution < -0.4 is 4.74 Å². The fourth-order valence-corrected chi connectivity index (χ4v) is 1.59. The number of halogens is 2. The van der Waals surface area contributed by atoms with Crippen molar-refractivity contribution in [3.05, 3.63) is 28.2 Å². The summed E-state index contributed by atoms with van der Waals surface area (Å²) in [6.45, 7) is 0.0880. The number of rotatable bonds is 4. The molecule has 0 aromatic heterocycles. The lowest BCUT2D eigenvalue weighted by Gasteiger charge is -2.06. The zero-order valence-electron chi connectivity index (χ0n) is 8.00. The molecule has 80 valence electrons. The number of carbonyl (C=O) groups is 1. The van der Waals surface area contributed by atoms with Crippen LogP contribution >= 0.6 is 23.2 Å². The van der Waals surface area contributed by atoms with E-state index in [4.69, 9.17) is 27.9 Å². The van der Waals surface area contributed by atoms with Crippen LogP contribution in [0.2, 0.25) is 10.0 Å². The summed E-state index contributed by atoms with van der Waals surface area (Å²) in [6.07, 6.45) is 1.98. The van der Waals surface area contributed by atoms with Gasteiger partial charge in [0, 0.05) is 17.0 Å². The average molecular weight is 245 g/mol. The Morgan fingerprint density at radius 2 is 2.13 bits per heavy atom. The van der Waals surface area contributed by atoms with Gasteiger partial charge in [-0.1, -0.05) is 23.2 Å². The Kier molecular flexibility index (Phi) is 3.17. The Labute approximate surface area is 98.1 Å². The number of ketones is 1. The molecule has 0 amide bonds. The van der Waals surface area contributed by atoms with E-state index in [-0.39, 0.29) is 18.3 Å². The van der Waals surface area contributed by atoms with Crippen LogP contribution in [0.5, 0.6) is 5.75 Å². The zero-order valence-corrected chi connectivity index (χ0v) is 9.52. The lowest BCUT2D eigenvalue weighted by atomic mass is 10.3. The van der Waals surface area contributed by atoms with Crippen LogP contribution in [-0.2, 0) is 4.79 Å². The van der Waals surface area contributed by atoms with Gasteiger partial charge in [0.25, 0.3) is 0 Å². The van der Waals surface area contributed by atoms with E-state index >= 15 is 0 Å². The summed E-state index contributed by atoms with van der Waals surface area (Å²) in [6, 6.07) is 4.95. The fraction of sp³-hybridized carbons (Fsp3) is 0.364.